The van der Waals surface area contributed by atoms with E-state index in [0.29, 0.717) is 30.9 Å². The van der Waals surface area contributed by atoms with Gasteiger partial charge in [-0.3, -0.25) is 19.3 Å². The van der Waals surface area contributed by atoms with Crippen LogP contribution < -0.4 is 10.1 Å². The van der Waals surface area contributed by atoms with E-state index in [1.54, 1.807) is 24.3 Å². The van der Waals surface area contributed by atoms with Gasteiger partial charge in [-0.1, -0.05) is 26.0 Å². The molecule has 8 heteroatoms. The first-order chi connectivity index (χ1) is 15.7. The highest BCUT2D eigenvalue weighted by Crippen LogP contribution is 2.37. The summed E-state index contributed by atoms with van der Waals surface area (Å²) in [6.45, 7) is 7.69. The van der Waals surface area contributed by atoms with Crippen LogP contribution in [0.1, 0.15) is 47.0 Å². The number of hydrogen-bond acceptors (Lipinski definition) is 6. The molecule has 1 fully saturated rings. The van der Waals surface area contributed by atoms with E-state index in [9.17, 15) is 19.2 Å². The molecule has 33 heavy (non-hydrogen) atoms. The molecule has 1 aromatic carbocycles. The number of carbonyl (C=O) groups excluding carboxylic acids is 4. The Morgan fingerprint density at radius 1 is 1.03 bits per heavy atom. The van der Waals surface area contributed by atoms with Crippen LogP contribution in [0.3, 0.4) is 0 Å². The molecule has 1 aromatic rings. The lowest BCUT2D eigenvalue weighted by atomic mass is 9.85. The molecule has 1 heterocycles. The molecular weight excluding hydrogens is 424 g/mol. The van der Waals surface area contributed by atoms with Crippen LogP contribution in [0.2, 0.25) is 0 Å². The Bertz CT molecular complexity index is 897. The summed E-state index contributed by atoms with van der Waals surface area (Å²) in [5, 5.41) is 2.70. The van der Waals surface area contributed by atoms with E-state index >= 15 is 0 Å². The van der Waals surface area contributed by atoms with Crippen molar-refractivity contribution in [3.63, 3.8) is 0 Å². The van der Waals surface area contributed by atoms with E-state index in [0.717, 1.165) is 4.90 Å². The summed E-state index contributed by atoms with van der Waals surface area (Å²) in [4.78, 5) is 52.7. The molecule has 1 aliphatic carbocycles. The molecule has 178 valence electrons. The number of allylic oxidation sites excluding steroid dienone is 2. The number of nitrogens with zero attached hydrogens (tertiary/aromatic N) is 1. The third-order valence-electron chi connectivity index (χ3n) is 5.92. The number of carbonyl (C=O) groups is 4. The van der Waals surface area contributed by atoms with Crippen LogP contribution in [-0.2, 0) is 23.9 Å². The van der Waals surface area contributed by atoms with Crippen molar-refractivity contribution in [2.75, 3.05) is 11.9 Å². The van der Waals surface area contributed by atoms with Gasteiger partial charge in [0.05, 0.1) is 18.4 Å². The Morgan fingerprint density at radius 2 is 1.61 bits per heavy atom. The predicted molar refractivity (Wildman–Crippen MR) is 122 cm³/mol. The molecule has 0 saturated carbocycles. The maximum absolute atomic E-state index is 13.1. The summed E-state index contributed by atoms with van der Waals surface area (Å²) in [7, 11) is 0. The number of anilines is 1. The van der Waals surface area contributed by atoms with E-state index in [1.807, 2.05) is 32.9 Å². The quantitative estimate of drug-likeness (QED) is 0.347. The molecule has 1 aliphatic heterocycles. The second kappa shape index (κ2) is 10.6. The van der Waals surface area contributed by atoms with E-state index in [1.165, 1.54) is 6.92 Å². The molecule has 8 nitrogen and oxygen atoms in total. The minimum atomic E-state index is -1.10. The van der Waals surface area contributed by atoms with Gasteiger partial charge in [-0.15, -0.1) is 0 Å². The smallest absolute Gasteiger partial charge is 0.330 e. The molecule has 3 rings (SSSR count). The van der Waals surface area contributed by atoms with Gasteiger partial charge in [0.25, 0.3) is 5.91 Å². The molecular formula is C25H32N2O6. The third kappa shape index (κ3) is 5.61. The second-order valence-corrected chi connectivity index (χ2v) is 8.87. The van der Waals surface area contributed by atoms with Crippen LogP contribution in [0.25, 0.3) is 0 Å². The minimum Gasteiger partial charge on any atom is -0.494 e. The first kappa shape index (κ1) is 24.5. The minimum absolute atomic E-state index is 0.0388. The molecule has 4 unspecified atom stereocenters. The number of hydrogen-bond donors (Lipinski definition) is 1. The molecule has 0 bridgehead atoms. The standard InChI is InChI=1S/C25H32N2O6/c1-5-32-18-12-10-17(11-13-18)26-22(28)16(4)33-25(31)21(14-15(2)3)27-23(29)19-8-6-7-9-20(19)24(27)30/h6-7,10-13,15-16,19-21H,5,8-9,14H2,1-4H3,(H,26,28). The van der Waals surface area contributed by atoms with E-state index in [4.69, 9.17) is 9.47 Å². The van der Waals surface area contributed by atoms with Crippen molar-refractivity contribution in [2.24, 2.45) is 17.8 Å². The van der Waals surface area contributed by atoms with Crippen molar-refractivity contribution >= 4 is 29.4 Å². The largest absolute Gasteiger partial charge is 0.494 e. The Morgan fingerprint density at radius 3 is 2.12 bits per heavy atom. The summed E-state index contributed by atoms with van der Waals surface area (Å²) in [6, 6.07) is 5.80. The molecule has 0 radical (unpaired) electrons. The van der Waals surface area contributed by atoms with Gasteiger partial charge in [0, 0.05) is 5.69 Å². The summed E-state index contributed by atoms with van der Waals surface area (Å²) in [6.07, 6.45) is 3.97. The highest BCUT2D eigenvalue weighted by Gasteiger charge is 2.51. The molecule has 4 atom stereocenters. The number of benzene rings is 1. The first-order valence-corrected chi connectivity index (χ1v) is 11.5. The fraction of sp³-hybridized carbons (Fsp3) is 0.520. The van der Waals surface area contributed by atoms with Crippen molar-refractivity contribution in [1.29, 1.82) is 0 Å². The SMILES string of the molecule is CCOc1ccc(NC(=O)C(C)OC(=O)C(CC(C)C)N2C(=O)C3CC=CCC3C2=O)cc1. The molecule has 1 N–H and O–H groups in total. The van der Waals surface area contributed by atoms with Crippen molar-refractivity contribution in [3.05, 3.63) is 36.4 Å². The van der Waals surface area contributed by atoms with Crippen LogP contribution in [-0.4, -0.2) is 47.3 Å². The summed E-state index contributed by atoms with van der Waals surface area (Å²) in [5.74, 6) is -2.04. The lowest BCUT2D eigenvalue weighted by molar-refractivity contribution is -0.164. The van der Waals surface area contributed by atoms with Gasteiger partial charge in [0.15, 0.2) is 6.10 Å². The number of amides is 3. The number of imide groups is 1. The van der Waals surface area contributed by atoms with Crippen molar-refractivity contribution in [1.82, 2.24) is 4.90 Å². The van der Waals surface area contributed by atoms with Crippen LogP contribution in [0.5, 0.6) is 5.75 Å². The van der Waals surface area contributed by atoms with Gasteiger partial charge in [-0.05, 0) is 63.3 Å². The molecule has 0 spiro atoms. The van der Waals surface area contributed by atoms with E-state index in [-0.39, 0.29) is 24.2 Å². The molecule has 2 aliphatic rings. The number of rotatable bonds is 9. The Kier molecular flexibility index (Phi) is 7.89. The topological polar surface area (TPSA) is 102 Å². The second-order valence-electron chi connectivity index (χ2n) is 8.87. The van der Waals surface area contributed by atoms with Crippen molar-refractivity contribution in [3.8, 4) is 5.75 Å². The van der Waals surface area contributed by atoms with Crippen LogP contribution >= 0.6 is 0 Å². The number of ether oxygens (including phenoxy) is 2. The first-order valence-electron chi connectivity index (χ1n) is 11.5. The van der Waals surface area contributed by atoms with Gasteiger partial charge in [0.2, 0.25) is 11.8 Å². The average Bonchev–Trinajstić information content (AvgIpc) is 3.03. The Labute approximate surface area is 194 Å². The predicted octanol–water partition coefficient (Wildman–Crippen LogP) is 3.32. The maximum atomic E-state index is 13.1. The van der Waals surface area contributed by atoms with Crippen LogP contribution in [0.15, 0.2) is 36.4 Å². The summed E-state index contributed by atoms with van der Waals surface area (Å²) >= 11 is 0. The monoisotopic (exact) mass is 456 g/mol. The van der Waals surface area contributed by atoms with Crippen molar-refractivity contribution in [2.45, 2.75) is 59.1 Å². The zero-order chi connectivity index (χ0) is 24.1. The fourth-order valence-electron chi connectivity index (χ4n) is 4.24. The third-order valence-corrected chi connectivity index (χ3v) is 5.92. The van der Waals surface area contributed by atoms with Gasteiger partial charge >= 0.3 is 5.97 Å². The Balaban J connectivity index is 1.67. The van der Waals surface area contributed by atoms with Gasteiger partial charge in [0.1, 0.15) is 11.8 Å². The lowest BCUT2D eigenvalue weighted by Crippen LogP contribution is -2.48. The molecule has 3 amide bonds. The summed E-state index contributed by atoms with van der Waals surface area (Å²) in [5.41, 5.74) is 0.534. The number of fused-ring (bicyclic) bond motifs is 1. The zero-order valence-corrected chi connectivity index (χ0v) is 19.6. The molecule has 1 saturated heterocycles. The zero-order valence-electron chi connectivity index (χ0n) is 19.6. The maximum Gasteiger partial charge on any atom is 0.330 e. The number of nitrogens with one attached hydrogen (secondary N) is 1. The normalized spacial score (nSPS) is 21.5. The number of esters is 1. The van der Waals surface area contributed by atoms with Gasteiger partial charge < -0.3 is 14.8 Å². The van der Waals surface area contributed by atoms with E-state index < -0.39 is 35.9 Å². The summed E-state index contributed by atoms with van der Waals surface area (Å²) < 4.78 is 10.8. The Hall–Kier alpha value is -3.16. The highest BCUT2D eigenvalue weighted by atomic mass is 16.5. The fourth-order valence-corrected chi connectivity index (χ4v) is 4.24. The molecule has 0 aromatic heterocycles. The van der Waals surface area contributed by atoms with Crippen molar-refractivity contribution < 1.29 is 28.7 Å². The van der Waals surface area contributed by atoms with Crippen LogP contribution in [0, 0.1) is 17.8 Å². The average molecular weight is 457 g/mol. The van der Waals surface area contributed by atoms with E-state index in [2.05, 4.69) is 5.32 Å². The lowest BCUT2D eigenvalue weighted by Gasteiger charge is -2.27. The highest BCUT2D eigenvalue weighted by molar-refractivity contribution is 6.08. The van der Waals surface area contributed by atoms with Crippen LogP contribution in [0.4, 0.5) is 5.69 Å². The van der Waals surface area contributed by atoms with Gasteiger partial charge in [-0.25, -0.2) is 4.79 Å². The van der Waals surface area contributed by atoms with Gasteiger partial charge in [-0.2, -0.15) is 0 Å². The number of likely N-dealkylation sites (tertiary alicyclic amines) is 1.